The molecule has 0 spiro atoms. The summed E-state index contributed by atoms with van der Waals surface area (Å²) in [6, 6.07) is 0. The van der Waals surface area contributed by atoms with E-state index < -0.39 is 0 Å². The summed E-state index contributed by atoms with van der Waals surface area (Å²) >= 11 is 0. The molecule has 1 N–H and O–H groups in total. The predicted molar refractivity (Wildman–Crippen MR) is 63.4 cm³/mol. The highest BCUT2D eigenvalue weighted by atomic mass is 14.8. The van der Waals surface area contributed by atoms with Crippen molar-refractivity contribution in [2.24, 2.45) is 17.8 Å². The molecule has 3 atom stereocenters. The van der Waals surface area contributed by atoms with Gasteiger partial charge in [0.05, 0.1) is 0 Å². The summed E-state index contributed by atoms with van der Waals surface area (Å²) in [5, 5.41) is 3.49. The minimum atomic E-state index is 0.885. The quantitative estimate of drug-likeness (QED) is 0.664. The van der Waals surface area contributed by atoms with Crippen molar-refractivity contribution in [2.75, 3.05) is 13.1 Å². The van der Waals surface area contributed by atoms with Crippen molar-refractivity contribution in [2.45, 2.75) is 39.5 Å². The fourth-order valence-electron chi connectivity index (χ4n) is 2.66. The molecule has 1 aliphatic carbocycles. The van der Waals surface area contributed by atoms with E-state index in [1.807, 2.05) is 0 Å². The van der Waals surface area contributed by atoms with Gasteiger partial charge in [0, 0.05) is 0 Å². The van der Waals surface area contributed by atoms with E-state index in [0.717, 1.165) is 24.3 Å². The maximum atomic E-state index is 3.87. The molecule has 0 aliphatic heterocycles. The van der Waals surface area contributed by atoms with Gasteiger partial charge in [-0.05, 0) is 50.1 Å². The molecule has 1 rings (SSSR count). The molecule has 1 fully saturated rings. The second-order valence-electron chi connectivity index (χ2n) is 4.77. The highest BCUT2D eigenvalue weighted by Gasteiger charge is 2.26. The topological polar surface area (TPSA) is 12.0 Å². The van der Waals surface area contributed by atoms with Crippen LogP contribution in [-0.4, -0.2) is 13.1 Å². The molecule has 1 saturated carbocycles. The smallest absolute Gasteiger partial charge is 0.00179 e. The lowest BCUT2D eigenvalue weighted by molar-refractivity contribution is 0.187. The van der Waals surface area contributed by atoms with Gasteiger partial charge in [-0.3, -0.25) is 0 Å². The predicted octanol–water partition coefficient (Wildman–Crippen LogP) is 3.22. The van der Waals surface area contributed by atoms with Crippen molar-refractivity contribution in [3.63, 3.8) is 0 Å². The lowest BCUT2D eigenvalue weighted by Gasteiger charge is -2.34. The van der Waals surface area contributed by atoms with Crippen LogP contribution in [0.1, 0.15) is 39.5 Å². The normalized spacial score (nSPS) is 32.9. The Hall–Kier alpha value is -0.300. The standard InChI is InChI=1S/C13H25N/c1-4-6-12-9-11(3)7-8-13(12)10-14-5-2/h4,11-14H,1,5-10H2,2-3H3. The average Bonchev–Trinajstić information content (AvgIpc) is 2.17. The van der Waals surface area contributed by atoms with E-state index in [4.69, 9.17) is 0 Å². The largest absolute Gasteiger partial charge is 0.317 e. The molecule has 0 heterocycles. The van der Waals surface area contributed by atoms with Crippen LogP contribution in [-0.2, 0) is 0 Å². The van der Waals surface area contributed by atoms with Gasteiger partial charge in [0.15, 0.2) is 0 Å². The molecule has 0 aromatic heterocycles. The van der Waals surface area contributed by atoms with Gasteiger partial charge < -0.3 is 5.32 Å². The van der Waals surface area contributed by atoms with Gasteiger partial charge in [0.25, 0.3) is 0 Å². The van der Waals surface area contributed by atoms with Crippen LogP contribution in [0.3, 0.4) is 0 Å². The van der Waals surface area contributed by atoms with Crippen LogP contribution in [0.4, 0.5) is 0 Å². The Bertz CT molecular complexity index is 163. The van der Waals surface area contributed by atoms with Crippen molar-refractivity contribution in [3.05, 3.63) is 12.7 Å². The summed E-state index contributed by atoms with van der Waals surface area (Å²) in [7, 11) is 0. The number of allylic oxidation sites excluding steroid dienone is 1. The molecule has 14 heavy (non-hydrogen) atoms. The summed E-state index contributed by atoms with van der Waals surface area (Å²) < 4.78 is 0. The van der Waals surface area contributed by atoms with Gasteiger partial charge in [0.1, 0.15) is 0 Å². The van der Waals surface area contributed by atoms with E-state index in [1.165, 1.54) is 32.2 Å². The Morgan fingerprint density at radius 3 is 2.79 bits per heavy atom. The van der Waals surface area contributed by atoms with Gasteiger partial charge in [-0.2, -0.15) is 0 Å². The first kappa shape index (κ1) is 11.8. The lowest BCUT2D eigenvalue weighted by Crippen LogP contribution is -2.32. The molecule has 0 saturated heterocycles. The van der Waals surface area contributed by atoms with Crippen LogP contribution in [0, 0.1) is 17.8 Å². The summed E-state index contributed by atoms with van der Waals surface area (Å²) in [5.41, 5.74) is 0. The van der Waals surface area contributed by atoms with Crippen LogP contribution < -0.4 is 5.32 Å². The van der Waals surface area contributed by atoms with Crippen molar-refractivity contribution < 1.29 is 0 Å². The zero-order valence-corrected chi connectivity index (χ0v) is 9.76. The number of rotatable bonds is 5. The highest BCUT2D eigenvalue weighted by molar-refractivity contribution is 4.84. The van der Waals surface area contributed by atoms with Gasteiger partial charge >= 0.3 is 0 Å². The van der Waals surface area contributed by atoms with E-state index in [-0.39, 0.29) is 0 Å². The Labute approximate surface area is 89.0 Å². The number of hydrogen-bond donors (Lipinski definition) is 1. The van der Waals surface area contributed by atoms with Crippen LogP contribution in [0.5, 0.6) is 0 Å². The molecule has 0 amide bonds. The van der Waals surface area contributed by atoms with Gasteiger partial charge in [0.2, 0.25) is 0 Å². The fraction of sp³-hybridized carbons (Fsp3) is 0.846. The molecule has 0 radical (unpaired) electrons. The minimum absolute atomic E-state index is 0.885. The third-order valence-corrected chi connectivity index (χ3v) is 3.53. The molecule has 0 aromatic carbocycles. The molecule has 3 unspecified atom stereocenters. The van der Waals surface area contributed by atoms with Crippen LogP contribution in [0.2, 0.25) is 0 Å². The maximum absolute atomic E-state index is 3.87. The van der Waals surface area contributed by atoms with E-state index in [0.29, 0.717) is 0 Å². The van der Waals surface area contributed by atoms with Crippen molar-refractivity contribution in [1.29, 1.82) is 0 Å². The maximum Gasteiger partial charge on any atom is -0.00179 e. The minimum Gasteiger partial charge on any atom is -0.317 e. The summed E-state index contributed by atoms with van der Waals surface area (Å²) in [5.74, 6) is 2.71. The summed E-state index contributed by atoms with van der Waals surface area (Å²) in [6.45, 7) is 10.8. The first-order chi connectivity index (χ1) is 6.77. The van der Waals surface area contributed by atoms with Crippen molar-refractivity contribution in [1.82, 2.24) is 5.32 Å². The van der Waals surface area contributed by atoms with Crippen LogP contribution in [0.25, 0.3) is 0 Å². The Kier molecular flexibility index (Phi) is 5.24. The zero-order chi connectivity index (χ0) is 10.4. The lowest BCUT2D eigenvalue weighted by atomic mass is 9.73. The Morgan fingerprint density at radius 2 is 2.14 bits per heavy atom. The molecule has 1 aliphatic rings. The van der Waals surface area contributed by atoms with E-state index in [1.54, 1.807) is 0 Å². The molecule has 0 bridgehead atoms. The highest BCUT2D eigenvalue weighted by Crippen LogP contribution is 2.35. The van der Waals surface area contributed by atoms with Gasteiger partial charge in [-0.1, -0.05) is 26.3 Å². The van der Waals surface area contributed by atoms with Gasteiger partial charge in [-0.15, -0.1) is 6.58 Å². The molecule has 82 valence electrons. The first-order valence-electron chi connectivity index (χ1n) is 6.09. The van der Waals surface area contributed by atoms with E-state index in [9.17, 15) is 0 Å². The first-order valence-corrected chi connectivity index (χ1v) is 6.09. The van der Waals surface area contributed by atoms with Crippen molar-refractivity contribution in [3.8, 4) is 0 Å². The second-order valence-corrected chi connectivity index (χ2v) is 4.77. The van der Waals surface area contributed by atoms with E-state index in [2.05, 4.69) is 31.8 Å². The third-order valence-electron chi connectivity index (χ3n) is 3.53. The second kappa shape index (κ2) is 6.23. The third kappa shape index (κ3) is 3.45. The molecule has 1 nitrogen and oxygen atoms in total. The Morgan fingerprint density at radius 1 is 1.36 bits per heavy atom. The van der Waals surface area contributed by atoms with Crippen molar-refractivity contribution >= 4 is 0 Å². The molecule has 1 heteroatoms. The van der Waals surface area contributed by atoms with Gasteiger partial charge in [-0.25, -0.2) is 0 Å². The zero-order valence-electron chi connectivity index (χ0n) is 9.76. The monoisotopic (exact) mass is 195 g/mol. The van der Waals surface area contributed by atoms with Crippen LogP contribution >= 0.6 is 0 Å². The number of nitrogens with one attached hydrogen (secondary N) is 1. The fourth-order valence-corrected chi connectivity index (χ4v) is 2.66. The molecular formula is C13H25N. The Balaban J connectivity index is 2.40. The summed E-state index contributed by atoms with van der Waals surface area (Å²) in [4.78, 5) is 0. The van der Waals surface area contributed by atoms with Crippen LogP contribution in [0.15, 0.2) is 12.7 Å². The molecule has 0 aromatic rings. The number of hydrogen-bond acceptors (Lipinski definition) is 1. The van der Waals surface area contributed by atoms with E-state index >= 15 is 0 Å². The molecular weight excluding hydrogens is 170 g/mol. The SMILES string of the molecule is C=CCC1CC(C)CCC1CNCC. The average molecular weight is 195 g/mol. The summed E-state index contributed by atoms with van der Waals surface area (Å²) in [6.07, 6.45) is 7.54.